The van der Waals surface area contributed by atoms with E-state index in [1.165, 1.54) is 18.2 Å². The third-order valence-electron chi connectivity index (χ3n) is 3.97. The molecular weight excluding hydrogens is 442 g/mol. The van der Waals surface area contributed by atoms with Gasteiger partial charge in [0.15, 0.2) is 0 Å². The first kappa shape index (κ1) is 22.7. The maximum Gasteiger partial charge on any atom is 0.399 e. The number of rotatable bonds is 5. The molecule has 0 saturated carbocycles. The van der Waals surface area contributed by atoms with Gasteiger partial charge in [-0.1, -0.05) is 71.7 Å². The van der Waals surface area contributed by atoms with Gasteiger partial charge in [-0.3, -0.25) is 0 Å². The van der Waals surface area contributed by atoms with Crippen molar-refractivity contribution in [1.82, 2.24) is 0 Å². The molecule has 150 valence electrons. The Labute approximate surface area is 174 Å². The molecule has 0 bridgehead atoms. The summed E-state index contributed by atoms with van der Waals surface area (Å²) in [5, 5.41) is -0.281. The fourth-order valence-electron chi connectivity index (χ4n) is 2.61. The minimum atomic E-state index is -4.66. The Kier molecular flexibility index (Phi) is 6.85. The number of benzene rings is 2. The summed E-state index contributed by atoms with van der Waals surface area (Å²) in [4.78, 5) is 0. The van der Waals surface area contributed by atoms with Gasteiger partial charge in [0, 0.05) is 12.5 Å². The Morgan fingerprint density at radius 1 is 0.964 bits per heavy atom. The van der Waals surface area contributed by atoms with Gasteiger partial charge >= 0.3 is 6.18 Å². The molecule has 0 aliphatic rings. The fourth-order valence-corrected chi connectivity index (χ4v) is 3.22. The fraction of sp³-hybridized carbons (Fsp3) is 0.200. The largest absolute Gasteiger partial charge is 0.399 e. The molecule has 0 amide bonds. The lowest BCUT2D eigenvalue weighted by Crippen LogP contribution is -2.19. The highest BCUT2D eigenvalue weighted by Crippen LogP contribution is 2.41. The minimum absolute atomic E-state index is 0.0492. The van der Waals surface area contributed by atoms with Crippen LogP contribution in [-0.2, 0) is 5.92 Å². The van der Waals surface area contributed by atoms with Crippen molar-refractivity contribution in [3.05, 3.63) is 80.3 Å². The predicted molar refractivity (Wildman–Crippen MR) is 105 cm³/mol. The lowest BCUT2D eigenvalue weighted by Gasteiger charge is -2.19. The maximum atomic E-state index is 13.8. The molecular formula is C20H14Cl3F5. The molecule has 0 heterocycles. The van der Waals surface area contributed by atoms with Crippen LogP contribution in [-0.4, -0.2) is 6.18 Å². The zero-order chi connectivity index (χ0) is 21.3. The molecule has 1 atom stereocenters. The average Bonchev–Trinajstić information content (AvgIpc) is 2.57. The standard InChI is InChI=1S/C20H14Cl3F5/c1-3-12-6-4-11(8-15(12)19(2,24)25)5-7-14(20(26,27)28)13-9-16(21)18(23)17(22)10-13/h3-10,14H,1H2,2H3/b7-5+. The molecule has 2 rings (SSSR count). The Hall–Kier alpha value is -1.56. The highest BCUT2D eigenvalue weighted by molar-refractivity contribution is 6.48. The van der Waals surface area contributed by atoms with Crippen molar-refractivity contribution in [3.8, 4) is 0 Å². The van der Waals surface area contributed by atoms with Gasteiger partial charge in [0.05, 0.1) is 21.0 Å². The van der Waals surface area contributed by atoms with E-state index in [0.29, 0.717) is 6.92 Å². The second-order valence-corrected chi connectivity index (χ2v) is 7.31. The second kappa shape index (κ2) is 8.44. The van der Waals surface area contributed by atoms with Crippen molar-refractivity contribution in [2.24, 2.45) is 0 Å². The maximum absolute atomic E-state index is 13.8. The molecule has 0 saturated heterocycles. The monoisotopic (exact) mass is 454 g/mol. The topological polar surface area (TPSA) is 0 Å². The molecule has 0 radical (unpaired) electrons. The van der Waals surface area contributed by atoms with E-state index in [-0.39, 0.29) is 37.3 Å². The van der Waals surface area contributed by atoms with E-state index in [4.69, 9.17) is 34.8 Å². The van der Waals surface area contributed by atoms with E-state index in [1.54, 1.807) is 0 Å². The first-order valence-electron chi connectivity index (χ1n) is 7.88. The number of hydrogen-bond donors (Lipinski definition) is 0. The van der Waals surface area contributed by atoms with Crippen LogP contribution in [0, 0.1) is 0 Å². The zero-order valence-electron chi connectivity index (χ0n) is 14.4. The molecule has 0 N–H and O–H groups in total. The van der Waals surface area contributed by atoms with Crippen LogP contribution in [0.15, 0.2) is 43.0 Å². The summed E-state index contributed by atoms with van der Waals surface area (Å²) in [5.41, 5.74) is -0.159. The highest BCUT2D eigenvalue weighted by atomic mass is 35.5. The van der Waals surface area contributed by atoms with Crippen LogP contribution in [0.25, 0.3) is 12.2 Å². The van der Waals surface area contributed by atoms with Crippen LogP contribution >= 0.6 is 34.8 Å². The van der Waals surface area contributed by atoms with Gasteiger partial charge in [-0.05, 0) is 34.9 Å². The molecule has 28 heavy (non-hydrogen) atoms. The quantitative estimate of drug-likeness (QED) is 0.312. The summed E-state index contributed by atoms with van der Waals surface area (Å²) in [6, 6.07) is 6.08. The molecule has 0 aliphatic heterocycles. The van der Waals surface area contributed by atoms with Gasteiger partial charge in [0.1, 0.15) is 0 Å². The third kappa shape index (κ3) is 5.28. The Balaban J connectivity index is 2.49. The first-order chi connectivity index (χ1) is 12.8. The minimum Gasteiger partial charge on any atom is -0.202 e. The van der Waals surface area contributed by atoms with E-state index in [9.17, 15) is 22.0 Å². The summed E-state index contributed by atoms with van der Waals surface area (Å²) in [7, 11) is 0. The summed E-state index contributed by atoms with van der Waals surface area (Å²) < 4.78 is 68.2. The lowest BCUT2D eigenvalue weighted by molar-refractivity contribution is -0.139. The van der Waals surface area contributed by atoms with Crippen LogP contribution in [0.3, 0.4) is 0 Å². The molecule has 0 nitrogen and oxygen atoms in total. The van der Waals surface area contributed by atoms with Crippen LogP contribution in [0.4, 0.5) is 22.0 Å². The molecule has 2 aromatic carbocycles. The molecule has 0 aromatic heterocycles. The van der Waals surface area contributed by atoms with E-state index in [1.807, 2.05) is 0 Å². The van der Waals surface area contributed by atoms with Crippen LogP contribution < -0.4 is 0 Å². The summed E-state index contributed by atoms with van der Waals surface area (Å²) in [6.07, 6.45) is -1.42. The van der Waals surface area contributed by atoms with Crippen molar-refractivity contribution < 1.29 is 22.0 Å². The normalized spacial score (nSPS) is 13.8. The Morgan fingerprint density at radius 2 is 1.54 bits per heavy atom. The first-order valence-corrected chi connectivity index (χ1v) is 9.02. The molecule has 0 fully saturated rings. The second-order valence-electron chi connectivity index (χ2n) is 6.12. The van der Waals surface area contributed by atoms with Gasteiger partial charge in [-0.25, -0.2) is 8.78 Å². The zero-order valence-corrected chi connectivity index (χ0v) is 16.7. The van der Waals surface area contributed by atoms with Gasteiger partial charge in [0.2, 0.25) is 0 Å². The summed E-state index contributed by atoms with van der Waals surface area (Å²) in [5.74, 6) is -5.22. The van der Waals surface area contributed by atoms with Crippen molar-refractivity contribution in [2.45, 2.75) is 24.9 Å². The number of halogens is 8. The van der Waals surface area contributed by atoms with Crippen LogP contribution in [0.1, 0.15) is 35.1 Å². The summed E-state index contributed by atoms with van der Waals surface area (Å²) >= 11 is 17.5. The predicted octanol–water partition coefficient (Wildman–Crippen LogP) is 8.76. The van der Waals surface area contributed by atoms with Crippen molar-refractivity contribution in [1.29, 1.82) is 0 Å². The van der Waals surface area contributed by atoms with E-state index in [2.05, 4.69) is 6.58 Å². The van der Waals surface area contributed by atoms with Crippen molar-refractivity contribution >= 4 is 47.0 Å². The summed E-state index contributed by atoms with van der Waals surface area (Å²) in [6.45, 7) is 4.18. The van der Waals surface area contributed by atoms with Crippen molar-refractivity contribution in [2.75, 3.05) is 0 Å². The molecule has 1 unspecified atom stereocenters. The Morgan fingerprint density at radius 3 is 2.00 bits per heavy atom. The van der Waals surface area contributed by atoms with E-state index < -0.39 is 18.0 Å². The smallest absolute Gasteiger partial charge is 0.202 e. The van der Waals surface area contributed by atoms with Gasteiger partial charge in [-0.2, -0.15) is 13.2 Å². The highest BCUT2D eigenvalue weighted by Gasteiger charge is 2.39. The SMILES string of the molecule is C=Cc1ccc(/C=C/C(c2cc(Cl)c(Cl)c(Cl)c2)C(F)(F)F)cc1C(C)(F)F. The lowest BCUT2D eigenvalue weighted by atomic mass is 9.95. The Bertz CT molecular complexity index is 888. The number of alkyl halides is 5. The van der Waals surface area contributed by atoms with Gasteiger partial charge in [0.25, 0.3) is 5.92 Å². The average molecular weight is 456 g/mol. The molecule has 0 aliphatic carbocycles. The van der Waals surface area contributed by atoms with Gasteiger partial charge in [-0.15, -0.1) is 0 Å². The van der Waals surface area contributed by atoms with Gasteiger partial charge < -0.3 is 0 Å². The van der Waals surface area contributed by atoms with Crippen LogP contribution in [0.2, 0.25) is 15.1 Å². The number of allylic oxidation sites excluding steroid dienone is 1. The van der Waals surface area contributed by atoms with E-state index >= 15 is 0 Å². The van der Waals surface area contributed by atoms with E-state index in [0.717, 1.165) is 30.4 Å². The molecule has 2 aromatic rings. The molecule has 8 heteroatoms. The van der Waals surface area contributed by atoms with Crippen LogP contribution in [0.5, 0.6) is 0 Å². The number of hydrogen-bond acceptors (Lipinski definition) is 0. The molecule has 0 spiro atoms. The van der Waals surface area contributed by atoms with Crippen molar-refractivity contribution in [3.63, 3.8) is 0 Å². The third-order valence-corrected chi connectivity index (χ3v) is 5.17.